The molecule has 1 aliphatic heterocycles. The van der Waals surface area contributed by atoms with Gasteiger partial charge in [-0.25, -0.2) is 4.98 Å². The maximum atomic E-state index is 11.9. The summed E-state index contributed by atoms with van der Waals surface area (Å²) in [7, 11) is 0. The van der Waals surface area contributed by atoms with Crippen molar-refractivity contribution in [3.8, 4) is 0 Å². The van der Waals surface area contributed by atoms with E-state index in [9.17, 15) is 15.0 Å². The van der Waals surface area contributed by atoms with Gasteiger partial charge in [0, 0.05) is 19.3 Å². The van der Waals surface area contributed by atoms with Gasteiger partial charge >= 0.3 is 0 Å². The van der Waals surface area contributed by atoms with Gasteiger partial charge in [0.15, 0.2) is 0 Å². The van der Waals surface area contributed by atoms with Crippen LogP contribution in [0, 0.1) is 0 Å². The molecule has 86 valence electrons. The molecule has 16 heavy (non-hydrogen) atoms. The SMILES string of the molecule is O=C(c1ccc(Cl)nc1)N1CC(O)C(O)C1. The highest BCUT2D eigenvalue weighted by molar-refractivity contribution is 6.29. The quantitative estimate of drug-likeness (QED) is 0.676. The van der Waals surface area contributed by atoms with E-state index in [-0.39, 0.29) is 19.0 Å². The van der Waals surface area contributed by atoms with Crippen molar-refractivity contribution in [1.82, 2.24) is 9.88 Å². The van der Waals surface area contributed by atoms with Gasteiger partial charge in [-0.3, -0.25) is 4.79 Å². The second kappa shape index (κ2) is 4.37. The fourth-order valence-corrected chi connectivity index (χ4v) is 1.73. The van der Waals surface area contributed by atoms with Crippen LogP contribution in [-0.2, 0) is 0 Å². The second-order valence-electron chi connectivity index (χ2n) is 3.71. The molecule has 1 amide bonds. The molecule has 2 N–H and O–H groups in total. The molecule has 0 spiro atoms. The lowest BCUT2D eigenvalue weighted by atomic mass is 10.2. The van der Waals surface area contributed by atoms with E-state index in [4.69, 9.17) is 11.6 Å². The van der Waals surface area contributed by atoms with Crippen molar-refractivity contribution in [2.45, 2.75) is 12.2 Å². The van der Waals surface area contributed by atoms with E-state index >= 15 is 0 Å². The van der Waals surface area contributed by atoms with E-state index in [1.165, 1.54) is 17.2 Å². The zero-order chi connectivity index (χ0) is 11.7. The summed E-state index contributed by atoms with van der Waals surface area (Å²) in [5, 5.41) is 19.0. The van der Waals surface area contributed by atoms with Gasteiger partial charge in [0.25, 0.3) is 5.91 Å². The fraction of sp³-hybridized carbons (Fsp3) is 0.400. The Labute approximate surface area is 97.3 Å². The standard InChI is InChI=1S/C10H11ClN2O3/c11-9-2-1-6(3-12-9)10(16)13-4-7(14)8(15)5-13/h1-3,7-8,14-15H,4-5H2. The average Bonchev–Trinajstić information content (AvgIpc) is 2.59. The van der Waals surface area contributed by atoms with Crippen LogP contribution in [0.25, 0.3) is 0 Å². The molecule has 2 rings (SSSR count). The summed E-state index contributed by atoms with van der Waals surface area (Å²) >= 11 is 5.61. The van der Waals surface area contributed by atoms with Crippen molar-refractivity contribution in [3.63, 3.8) is 0 Å². The highest BCUT2D eigenvalue weighted by atomic mass is 35.5. The molecule has 0 aliphatic carbocycles. The molecule has 0 saturated carbocycles. The van der Waals surface area contributed by atoms with Crippen molar-refractivity contribution in [3.05, 3.63) is 29.0 Å². The van der Waals surface area contributed by atoms with Crippen molar-refractivity contribution >= 4 is 17.5 Å². The lowest BCUT2D eigenvalue weighted by Gasteiger charge is -2.14. The smallest absolute Gasteiger partial charge is 0.255 e. The molecule has 0 radical (unpaired) electrons. The minimum atomic E-state index is -0.871. The zero-order valence-corrected chi connectivity index (χ0v) is 9.13. The monoisotopic (exact) mass is 242 g/mol. The number of likely N-dealkylation sites (tertiary alicyclic amines) is 1. The summed E-state index contributed by atoms with van der Waals surface area (Å²) in [6.45, 7) is 0.283. The number of halogens is 1. The number of β-amino-alcohol motifs (C(OH)–C–C–N with tert-alkyl or cyclic N) is 2. The fourth-order valence-electron chi connectivity index (χ4n) is 1.62. The van der Waals surface area contributed by atoms with Crippen LogP contribution in [0.15, 0.2) is 18.3 Å². The molecule has 2 unspecified atom stereocenters. The Kier molecular flexibility index (Phi) is 3.09. The minimum Gasteiger partial charge on any atom is -0.388 e. The summed E-state index contributed by atoms with van der Waals surface area (Å²) in [4.78, 5) is 17.1. The first kappa shape index (κ1) is 11.3. The van der Waals surface area contributed by atoms with Gasteiger partial charge in [-0.05, 0) is 12.1 Å². The van der Waals surface area contributed by atoms with Gasteiger partial charge < -0.3 is 15.1 Å². The van der Waals surface area contributed by atoms with Crippen LogP contribution in [0.2, 0.25) is 5.15 Å². The Bertz CT molecular complexity index is 386. The average molecular weight is 243 g/mol. The van der Waals surface area contributed by atoms with Gasteiger partial charge in [0.2, 0.25) is 0 Å². The van der Waals surface area contributed by atoms with Crippen LogP contribution in [0.5, 0.6) is 0 Å². The van der Waals surface area contributed by atoms with Crippen LogP contribution in [0.4, 0.5) is 0 Å². The van der Waals surface area contributed by atoms with Crippen molar-refractivity contribution in [1.29, 1.82) is 0 Å². The molecule has 1 aromatic rings. The Hall–Kier alpha value is -1.17. The number of rotatable bonds is 1. The highest BCUT2D eigenvalue weighted by Gasteiger charge is 2.32. The Morgan fingerprint density at radius 1 is 1.38 bits per heavy atom. The second-order valence-corrected chi connectivity index (χ2v) is 4.10. The zero-order valence-electron chi connectivity index (χ0n) is 8.38. The molecule has 1 fully saturated rings. The lowest BCUT2D eigenvalue weighted by molar-refractivity contribution is 0.0572. The molecule has 0 bridgehead atoms. The van der Waals surface area contributed by atoms with Gasteiger partial charge in [-0.2, -0.15) is 0 Å². The molecule has 0 aromatic carbocycles. The highest BCUT2D eigenvalue weighted by Crippen LogP contribution is 2.14. The summed E-state index contributed by atoms with van der Waals surface area (Å²) < 4.78 is 0. The Morgan fingerprint density at radius 3 is 2.50 bits per heavy atom. The number of carbonyl (C=O) groups is 1. The first-order valence-corrected chi connectivity index (χ1v) is 5.22. The van der Waals surface area contributed by atoms with Crippen molar-refractivity contribution in [2.24, 2.45) is 0 Å². The molecule has 6 heteroatoms. The van der Waals surface area contributed by atoms with E-state index in [1.807, 2.05) is 0 Å². The number of nitrogens with zero attached hydrogens (tertiary/aromatic N) is 2. The van der Waals surface area contributed by atoms with E-state index in [0.29, 0.717) is 10.7 Å². The Morgan fingerprint density at radius 2 is 2.00 bits per heavy atom. The number of aromatic nitrogens is 1. The van der Waals surface area contributed by atoms with E-state index < -0.39 is 12.2 Å². The number of aliphatic hydroxyl groups is 2. The topological polar surface area (TPSA) is 73.7 Å². The number of carbonyl (C=O) groups excluding carboxylic acids is 1. The molecule has 2 heterocycles. The number of aliphatic hydroxyl groups excluding tert-OH is 2. The molecule has 1 saturated heterocycles. The summed E-state index contributed by atoms with van der Waals surface area (Å²) in [5.41, 5.74) is 0.394. The Balaban J connectivity index is 2.11. The largest absolute Gasteiger partial charge is 0.388 e. The minimum absolute atomic E-state index is 0.141. The van der Waals surface area contributed by atoms with Crippen molar-refractivity contribution < 1.29 is 15.0 Å². The predicted molar refractivity (Wildman–Crippen MR) is 57.2 cm³/mol. The maximum absolute atomic E-state index is 11.9. The third-order valence-corrected chi connectivity index (χ3v) is 2.74. The molecule has 1 aliphatic rings. The van der Waals surface area contributed by atoms with Gasteiger partial charge in [-0.15, -0.1) is 0 Å². The molecule has 2 atom stereocenters. The molecule has 1 aromatic heterocycles. The number of pyridine rings is 1. The van der Waals surface area contributed by atoms with Gasteiger partial charge in [0.05, 0.1) is 17.8 Å². The summed E-state index contributed by atoms with van der Waals surface area (Å²) in [5.74, 6) is -0.264. The molecular formula is C10H11ClN2O3. The van der Waals surface area contributed by atoms with Gasteiger partial charge in [0.1, 0.15) is 5.15 Å². The van der Waals surface area contributed by atoms with Crippen LogP contribution in [-0.4, -0.2) is 51.3 Å². The van der Waals surface area contributed by atoms with Crippen LogP contribution >= 0.6 is 11.6 Å². The van der Waals surface area contributed by atoms with Crippen LogP contribution in [0.3, 0.4) is 0 Å². The summed E-state index contributed by atoms with van der Waals surface area (Å²) in [6.07, 6.45) is -0.365. The number of amides is 1. The normalized spacial score (nSPS) is 24.8. The van der Waals surface area contributed by atoms with Crippen LogP contribution in [0.1, 0.15) is 10.4 Å². The third-order valence-electron chi connectivity index (χ3n) is 2.52. The van der Waals surface area contributed by atoms with Gasteiger partial charge in [-0.1, -0.05) is 11.6 Å². The van der Waals surface area contributed by atoms with Crippen LogP contribution < -0.4 is 0 Å². The number of hydrogen-bond donors (Lipinski definition) is 2. The molecular weight excluding hydrogens is 232 g/mol. The maximum Gasteiger partial charge on any atom is 0.255 e. The van der Waals surface area contributed by atoms with Crippen molar-refractivity contribution in [2.75, 3.05) is 13.1 Å². The first-order chi connectivity index (χ1) is 7.58. The van der Waals surface area contributed by atoms with E-state index in [1.54, 1.807) is 6.07 Å². The third kappa shape index (κ3) is 2.16. The lowest BCUT2D eigenvalue weighted by Crippen LogP contribution is -2.29. The van der Waals surface area contributed by atoms with E-state index in [2.05, 4.69) is 4.98 Å². The predicted octanol–water partition coefficient (Wildman–Crippen LogP) is -0.0874. The van der Waals surface area contributed by atoms with E-state index in [0.717, 1.165) is 0 Å². The first-order valence-electron chi connectivity index (χ1n) is 4.85. The number of hydrogen-bond acceptors (Lipinski definition) is 4. The molecule has 5 nitrogen and oxygen atoms in total. The summed E-state index contributed by atoms with van der Waals surface area (Å²) in [6, 6.07) is 3.09.